The van der Waals surface area contributed by atoms with Gasteiger partial charge in [0.05, 0.1) is 11.3 Å². The van der Waals surface area contributed by atoms with Crippen LogP contribution in [0.15, 0.2) is 72.8 Å². The summed E-state index contributed by atoms with van der Waals surface area (Å²) in [6.45, 7) is 3.82. The Morgan fingerprint density at radius 1 is 0.839 bits per heavy atom. The first kappa shape index (κ1) is 21.8. The number of carbonyl (C=O) groups excluding carboxylic acids is 3. The van der Waals surface area contributed by atoms with E-state index < -0.39 is 18.5 Å². The standard InChI is InChI=1S/C25H24N2O4/c1-17-10-12-19(13-11-17)15-26-23(28)16-31-25(30)21-8-3-4-9-22(21)27-24(29)20-7-5-6-18(2)14-20/h3-14H,15-16H2,1-2H3,(H,26,28)(H,27,29). The Labute approximate surface area is 181 Å². The number of carbonyl (C=O) groups is 3. The predicted molar refractivity (Wildman–Crippen MR) is 119 cm³/mol. The molecule has 0 aliphatic carbocycles. The summed E-state index contributed by atoms with van der Waals surface area (Å²) in [6, 6.07) is 21.4. The number of hydrogen-bond acceptors (Lipinski definition) is 4. The van der Waals surface area contributed by atoms with E-state index in [-0.39, 0.29) is 11.5 Å². The number of para-hydroxylation sites is 1. The van der Waals surface area contributed by atoms with Gasteiger partial charge in [0.2, 0.25) is 0 Å². The molecule has 0 atom stereocenters. The van der Waals surface area contributed by atoms with Crippen molar-refractivity contribution in [3.63, 3.8) is 0 Å². The Balaban J connectivity index is 1.57. The average Bonchev–Trinajstić information content (AvgIpc) is 2.77. The molecule has 6 heteroatoms. The highest BCUT2D eigenvalue weighted by atomic mass is 16.5. The van der Waals surface area contributed by atoms with Crippen LogP contribution in [0.5, 0.6) is 0 Å². The van der Waals surface area contributed by atoms with Crippen molar-refractivity contribution < 1.29 is 19.1 Å². The van der Waals surface area contributed by atoms with Crippen LogP contribution in [-0.2, 0) is 16.1 Å². The molecule has 0 aliphatic heterocycles. The van der Waals surface area contributed by atoms with Crippen LogP contribution in [0.4, 0.5) is 5.69 Å². The molecule has 0 unspecified atom stereocenters. The fraction of sp³-hybridized carbons (Fsp3) is 0.160. The molecule has 3 aromatic rings. The molecular weight excluding hydrogens is 392 g/mol. The molecule has 0 heterocycles. The van der Waals surface area contributed by atoms with Gasteiger partial charge >= 0.3 is 5.97 Å². The smallest absolute Gasteiger partial charge is 0.340 e. The Morgan fingerprint density at radius 2 is 1.58 bits per heavy atom. The van der Waals surface area contributed by atoms with Crippen molar-refractivity contribution in [2.24, 2.45) is 0 Å². The third kappa shape index (κ3) is 6.27. The number of ether oxygens (including phenoxy) is 1. The third-order valence-corrected chi connectivity index (χ3v) is 4.62. The van der Waals surface area contributed by atoms with E-state index in [9.17, 15) is 14.4 Å². The molecule has 0 bridgehead atoms. The van der Waals surface area contributed by atoms with Gasteiger partial charge in [0.15, 0.2) is 6.61 Å². The van der Waals surface area contributed by atoms with Gasteiger partial charge in [-0.15, -0.1) is 0 Å². The molecule has 31 heavy (non-hydrogen) atoms. The predicted octanol–water partition coefficient (Wildman–Crippen LogP) is 4.03. The molecule has 0 saturated carbocycles. The molecule has 0 saturated heterocycles. The maximum absolute atomic E-state index is 12.5. The zero-order valence-electron chi connectivity index (χ0n) is 17.5. The highest BCUT2D eigenvalue weighted by Crippen LogP contribution is 2.18. The first-order valence-corrected chi connectivity index (χ1v) is 9.89. The third-order valence-electron chi connectivity index (χ3n) is 4.62. The van der Waals surface area contributed by atoms with Crippen molar-refractivity contribution in [1.82, 2.24) is 5.32 Å². The van der Waals surface area contributed by atoms with Crippen LogP contribution in [0.3, 0.4) is 0 Å². The zero-order chi connectivity index (χ0) is 22.2. The van der Waals surface area contributed by atoms with Crippen LogP contribution in [-0.4, -0.2) is 24.4 Å². The second-order valence-electron chi connectivity index (χ2n) is 7.21. The van der Waals surface area contributed by atoms with Crippen LogP contribution < -0.4 is 10.6 Å². The highest BCUT2D eigenvalue weighted by molar-refractivity contribution is 6.08. The quantitative estimate of drug-likeness (QED) is 0.570. The van der Waals surface area contributed by atoms with Gasteiger partial charge in [-0.2, -0.15) is 0 Å². The summed E-state index contributed by atoms with van der Waals surface area (Å²) < 4.78 is 5.14. The normalized spacial score (nSPS) is 10.3. The lowest BCUT2D eigenvalue weighted by atomic mass is 10.1. The summed E-state index contributed by atoms with van der Waals surface area (Å²) in [5, 5.41) is 5.45. The summed E-state index contributed by atoms with van der Waals surface area (Å²) in [6.07, 6.45) is 0. The molecule has 6 nitrogen and oxygen atoms in total. The minimum atomic E-state index is -0.689. The van der Waals surface area contributed by atoms with Gasteiger partial charge in [0, 0.05) is 12.1 Å². The maximum Gasteiger partial charge on any atom is 0.340 e. The number of amides is 2. The molecule has 0 aromatic heterocycles. The number of nitrogens with one attached hydrogen (secondary N) is 2. The Morgan fingerprint density at radius 3 is 2.32 bits per heavy atom. The highest BCUT2D eigenvalue weighted by Gasteiger charge is 2.16. The van der Waals surface area contributed by atoms with Crippen molar-refractivity contribution in [2.75, 3.05) is 11.9 Å². The maximum atomic E-state index is 12.5. The number of benzene rings is 3. The number of hydrogen-bond donors (Lipinski definition) is 2. The monoisotopic (exact) mass is 416 g/mol. The SMILES string of the molecule is Cc1ccc(CNC(=O)COC(=O)c2ccccc2NC(=O)c2cccc(C)c2)cc1. The van der Waals surface area contributed by atoms with Crippen LogP contribution >= 0.6 is 0 Å². The van der Waals surface area contributed by atoms with Gasteiger partial charge < -0.3 is 15.4 Å². The molecule has 3 rings (SSSR count). The van der Waals surface area contributed by atoms with Crippen LogP contribution in [0.2, 0.25) is 0 Å². The molecule has 0 aliphatic rings. The van der Waals surface area contributed by atoms with E-state index in [2.05, 4.69) is 10.6 Å². The van der Waals surface area contributed by atoms with Crippen LogP contribution in [0.1, 0.15) is 37.4 Å². The van der Waals surface area contributed by atoms with Gasteiger partial charge in [0.25, 0.3) is 11.8 Å². The Hall–Kier alpha value is -3.93. The molecule has 0 radical (unpaired) electrons. The summed E-state index contributed by atoms with van der Waals surface area (Å²) in [5.74, 6) is -1.43. The van der Waals surface area contributed by atoms with E-state index in [1.165, 1.54) is 0 Å². The van der Waals surface area contributed by atoms with Gasteiger partial charge in [-0.25, -0.2) is 4.79 Å². The van der Waals surface area contributed by atoms with Gasteiger partial charge in [-0.05, 0) is 43.7 Å². The van der Waals surface area contributed by atoms with E-state index >= 15 is 0 Å². The number of aryl methyl sites for hydroxylation is 2. The van der Waals surface area contributed by atoms with E-state index in [1.807, 2.05) is 44.2 Å². The Kier molecular flexibility index (Phi) is 7.17. The van der Waals surface area contributed by atoms with E-state index in [0.29, 0.717) is 17.8 Å². The summed E-state index contributed by atoms with van der Waals surface area (Å²) in [5.41, 5.74) is 4.02. The minimum Gasteiger partial charge on any atom is -0.452 e. The number of rotatable bonds is 7. The molecule has 2 N–H and O–H groups in total. The van der Waals surface area contributed by atoms with Crippen molar-refractivity contribution in [3.8, 4) is 0 Å². The number of anilines is 1. The molecule has 0 spiro atoms. The second kappa shape index (κ2) is 10.2. The molecule has 2 amide bonds. The average molecular weight is 416 g/mol. The summed E-state index contributed by atoms with van der Waals surface area (Å²) in [7, 11) is 0. The largest absolute Gasteiger partial charge is 0.452 e. The first-order chi connectivity index (χ1) is 14.9. The topological polar surface area (TPSA) is 84.5 Å². The van der Waals surface area contributed by atoms with Crippen LogP contribution in [0, 0.1) is 13.8 Å². The molecular formula is C25H24N2O4. The van der Waals surface area contributed by atoms with E-state index in [0.717, 1.165) is 16.7 Å². The van der Waals surface area contributed by atoms with E-state index in [1.54, 1.807) is 42.5 Å². The second-order valence-corrected chi connectivity index (χ2v) is 7.21. The first-order valence-electron chi connectivity index (χ1n) is 9.89. The van der Waals surface area contributed by atoms with Crippen molar-refractivity contribution in [3.05, 3.63) is 101 Å². The minimum absolute atomic E-state index is 0.176. The summed E-state index contributed by atoms with van der Waals surface area (Å²) >= 11 is 0. The lowest BCUT2D eigenvalue weighted by Crippen LogP contribution is -2.28. The molecule has 158 valence electrons. The fourth-order valence-electron chi connectivity index (χ4n) is 2.92. The zero-order valence-corrected chi connectivity index (χ0v) is 17.5. The van der Waals surface area contributed by atoms with Gasteiger partial charge in [0.1, 0.15) is 0 Å². The fourth-order valence-corrected chi connectivity index (χ4v) is 2.92. The Bertz CT molecular complexity index is 1090. The lowest BCUT2D eigenvalue weighted by Gasteiger charge is -2.11. The summed E-state index contributed by atoms with van der Waals surface area (Å²) in [4.78, 5) is 37.1. The molecule has 0 fully saturated rings. The van der Waals surface area contributed by atoms with Crippen LogP contribution in [0.25, 0.3) is 0 Å². The molecule has 3 aromatic carbocycles. The van der Waals surface area contributed by atoms with Crippen molar-refractivity contribution in [1.29, 1.82) is 0 Å². The van der Waals surface area contributed by atoms with Crippen molar-refractivity contribution in [2.45, 2.75) is 20.4 Å². The van der Waals surface area contributed by atoms with E-state index in [4.69, 9.17) is 4.74 Å². The lowest BCUT2D eigenvalue weighted by molar-refractivity contribution is -0.124. The number of esters is 1. The van der Waals surface area contributed by atoms with Crippen molar-refractivity contribution >= 4 is 23.5 Å². The van der Waals surface area contributed by atoms with Gasteiger partial charge in [-0.1, -0.05) is 59.7 Å². The van der Waals surface area contributed by atoms with Gasteiger partial charge in [-0.3, -0.25) is 9.59 Å².